The molecule has 0 bridgehead atoms. The first-order chi connectivity index (χ1) is 20.7. The van der Waals surface area contributed by atoms with Crippen LogP contribution in [0, 0.1) is 5.82 Å². The van der Waals surface area contributed by atoms with Crippen LogP contribution in [0.1, 0.15) is 24.2 Å². The second-order valence-corrected chi connectivity index (χ2v) is 10.8. The number of anilines is 1. The molecule has 1 N–H and O–H groups in total. The molecule has 0 aliphatic carbocycles. The second kappa shape index (κ2) is 11.7. The van der Waals surface area contributed by atoms with Gasteiger partial charge in [0.05, 0.1) is 41.4 Å². The molecule has 0 unspecified atom stereocenters. The van der Waals surface area contributed by atoms with Crippen molar-refractivity contribution >= 4 is 28.0 Å². The molecule has 3 aromatic heterocycles. The fourth-order valence-corrected chi connectivity index (χ4v) is 5.74. The second-order valence-electron chi connectivity index (χ2n) is 10.8. The number of nitrogens with one attached hydrogen (secondary N) is 1. The van der Waals surface area contributed by atoms with E-state index in [9.17, 15) is 4.39 Å². The zero-order valence-electron chi connectivity index (χ0n) is 23.3. The van der Waals surface area contributed by atoms with Gasteiger partial charge in [-0.3, -0.25) is 9.47 Å². The average molecular weight is 565 g/mol. The van der Waals surface area contributed by atoms with Gasteiger partial charge in [0.1, 0.15) is 18.2 Å². The third-order valence-corrected chi connectivity index (χ3v) is 7.98. The van der Waals surface area contributed by atoms with Gasteiger partial charge in [-0.15, -0.1) is 0 Å². The smallest absolute Gasteiger partial charge is 0.297 e. The van der Waals surface area contributed by atoms with Crippen molar-refractivity contribution in [1.82, 2.24) is 24.0 Å². The summed E-state index contributed by atoms with van der Waals surface area (Å²) >= 11 is 0. The van der Waals surface area contributed by atoms with Crippen LogP contribution in [0.3, 0.4) is 0 Å². The Morgan fingerprint density at radius 2 is 1.52 bits per heavy atom. The van der Waals surface area contributed by atoms with Crippen LogP contribution in [-0.2, 0) is 13.1 Å². The quantitative estimate of drug-likeness (QED) is 0.215. The van der Waals surface area contributed by atoms with E-state index in [4.69, 9.17) is 19.1 Å². The summed E-state index contributed by atoms with van der Waals surface area (Å²) < 4.78 is 29.6. The van der Waals surface area contributed by atoms with Crippen LogP contribution in [0.5, 0.6) is 6.01 Å². The molecule has 6 aromatic rings. The third kappa shape index (κ3) is 5.60. The van der Waals surface area contributed by atoms with Crippen LogP contribution >= 0.6 is 0 Å². The van der Waals surface area contributed by atoms with Crippen LogP contribution < -0.4 is 10.1 Å². The fraction of sp³-hybridized carbons (Fsp3) is 0.273. The van der Waals surface area contributed by atoms with Gasteiger partial charge in [-0.05, 0) is 66.9 Å². The van der Waals surface area contributed by atoms with Crippen molar-refractivity contribution in [3.8, 4) is 6.01 Å². The minimum absolute atomic E-state index is 0.239. The number of piperidine rings is 1. The summed E-state index contributed by atoms with van der Waals surface area (Å²) in [6.07, 6.45) is 3.75. The first kappa shape index (κ1) is 26.3. The molecule has 1 fully saturated rings. The van der Waals surface area contributed by atoms with Gasteiger partial charge in [-0.2, -0.15) is 4.98 Å². The van der Waals surface area contributed by atoms with Crippen molar-refractivity contribution in [2.45, 2.75) is 32.0 Å². The maximum atomic E-state index is 13.4. The highest BCUT2D eigenvalue weighted by Crippen LogP contribution is 2.25. The number of para-hydroxylation sites is 4. The number of fused-ring (bicyclic) bond motifs is 2. The maximum absolute atomic E-state index is 13.4. The first-order valence-corrected chi connectivity index (χ1v) is 14.5. The number of halogens is 1. The summed E-state index contributed by atoms with van der Waals surface area (Å²) in [6, 6.07) is 27.7. The number of hydrogen-bond acceptors (Lipinski definition) is 6. The van der Waals surface area contributed by atoms with E-state index in [0.717, 1.165) is 71.8 Å². The molecule has 0 spiro atoms. The van der Waals surface area contributed by atoms with Crippen molar-refractivity contribution in [3.05, 3.63) is 108 Å². The van der Waals surface area contributed by atoms with Gasteiger partial charge < -0.3 is 19.0 Å². The molecule has 7 rings (SSSR count). The first-order valence-electron chi connectivity index (χ1n) is 14.5. The van der Waals surface area contributed by atoms with Crippen LogP contribution in [0.4, 0.5) is 10.3 Å². The molecule has 9 heteroatoms. The summed E-state index contributed by atoms with van der Waals surface area (Å²) in [7, 11) is 0. The van der Waals surface area contributed by atoms with Crippen LogP contribution in [-0.4, -0.2) is 56.3 Å². The van der Waals surface area contributed by atoms with Gasteiger partial charge in [0.25, 0.3) is 6.01 Å². The van der Waals surface area contributed by atoms with E-state index in [0.29, 0.717) is 31.7 Å². The number of likely N-dealkylation sites (tertiary alicyclic amines) is 1. The number of benzene rings is 3. The lowest BCUT2D eigenvalue weighted by molar-refractivity contribution is 0.169. The number of nitrogens with zero attached hydrogens (tertiary/aromatic N) is 5. The van der Waals surface area contributed by atoms with Crippen molar-refractivity contribution < 1.29 is 13.5 Å². The van der Waals surface area contributed by atoms with Crippen LogP contribution in [0.15, 0.2) is 95.6 Å². The molecular weight excluding hydrogens is 531 g/mol. The van der Waals surface area contributed by atoms with Crippen molar-refractivity contribution in [1.29, 1.82) is 0 Å². The summed E-state index contributed by atoms with van der Waals surface area (Å²) in [5.74, 6) is 1.55. The molecule has 1 aliphatic rings. The Balaban J connectivity index is 0.965. The molecule has 42 heavy (non-hydrogen) atoms. The molecule has 3 aromatic carbocycles. The molecule has 1 saturated heterocycles. The Bertz CT molecular complexity index is 1770. The fourth-order valence-electron chi connectivity index (χ4n) is 5.74. The van der Waals surface area contributed by atoms with Gasteiger partial charge in [-0.1, -0.05) is 36.4 Å². The lowest BCUT2D eigenvalue weighted by Gasteiger charge is -2.32. The molecule has 0 saturated carbocycles. The molecule has 0 atom stereocenters. The molecule has 0 radical (unpaired) electrons. The van der Waals surface area contributed by atoms with E-state index in [2.05, 4.69) is 31.5 Å². The van der Waals surface area contributed by atoms with Gasteiger partial charge >= 0.3 is 0 Å². The van der Waals surface area contributed by atoms with E-state index in [1.54, 1.807) is 18.4 Å². The minimum Gasteiger partial charge on any atom is -0.467 e. The van der Waals surface area contributed by atoms with Crippen molar-refractivity contribution in [2.75, 3.05) is 31.6 Å². The Hall–Kier alpha value is -4.63. The summed E-state index contributed by atoms with van der Waals surface area (Å²) in [5, 5.41) is 3.72. The zero-order valence-corrected chi connectivity index (χ0v) is 23.3. The van der Waals surface area contributed by atoms with E-state index < -0.39 is 0 Å². The maximum Gasteiger partial charge on any atom is 0.297 e. The molecule has 214 valence electrons. The van der Waals surface area contributed by atoms with Crippen molar-refractivity contribution in [3.63, 3.8) is 0 Å². The number of hydrogen-bond donors (Lipinski definition) is 1. The van der Waals surface area contributed by atoms with Gasteiger partial charge in [0, 0.05) is 25.7 Å². The van der Waals surface area contributed by atoms with Gasteiger partial charge in [0.2, 0.25) is 5.95 Å². The molecule has 8 nitrogen and oxygen atoms in total. The number of aromatic nitrogens is 4. The zero-order chi connectivity index (χ0) is 28.3. The number of imidazole rings is 2. The highest BCUT2D eigenvalue weighted by Gasteiger charge is 2.22. The molecule has 1 aliphatic heterocycles. The summed E-state index contributed by atoms with van der Waals surface area (Å²) in [4.78, 5) is 12.1. The summed E-state index contributed by atoms with van der Waals surface area (Å²) in [6.45, 7) is 4.53. The monoisotopic (exact) mass is 564 g/mol. The van der Waals surface area contributed by atoms with Crippen LogP contribution in [0.2, 0.25) is 0 Å². The Kier molecular flexibility index (Phi) is 7.32. The topological polar surface area (TPSA) is 73.3 Å². The number of rotatable bonds is 10. The SMILES string of the molecule is Fc1ccc(Cn2c(OCCN3CCC(Nc4nc5ccccc5n4Cc4ccco4)CC3)nc3ccccc32)cc1. The predicted molar refractivity (Wildman–Crippen MR) is 161 cm³/mol. The summed E-state index contributed by atoms with van der Waals surface area (Å²) in [5.41, 5.74) is 4.96. The standard InChI is InChI=1S/C33H33FN6O2/c34-25-13-11-24(12-14-25)22-40-31-10-4-2-8-29(31)37-33(40)42-21-19-38-17-15-26(16-18-38)35-32-36-28-7-1-3-9-30(28)39(32)23-27-6-5-20-41-27/h1-14,20,26H,15-19,21-23H2,(H,35,36). The Morgan fingerprint density at radius 3 is 2.26 bits per heavy atom. The lowest BCUT2D eigenvalue weighted by atomic mass is 10.1. The predicted octanol–water partition coefficient (Wildman–Crippen LogP) is 6.17. The minimum atomic E-state index is -0.239. The third-order valence-electron chi connectivity index (χ3n) is 7.98. The average Bonchev–Trinajstić information content (AvgIpc) is 3.74. The van der Waals surface area contributed by atoms with E-state index in [1.807, 2.05) is 48.5 Å². The van der Waals surface area contributed by atoms with Gasteiger partial charge in [0.15, 0.2) is 0 Å². The number of ether oxygens (including phenoxy) is 1. The number of furan rings is 1. The van der Waals surface area contributed by atoms with E-state index in [-0.39, 0.29) is 5.82 Å². The molecule has 4 heterocycles. The highest BCUT2D eigenvalue weighted by molar-refractivity contribution is 5.79. The highest BCUT2D eigenvalue weighted by atomic mass is 19.1. The lowest BCUT2D eigenvalue weighted by Crippen LogP contribution is -2.41. The molecular formula is C33H33FN6O2. The largest absolute Gasteiger partial charge is 0.467 e. The Labute approximate surface area is 243 Å². The normalized spacial score (nSPS) is 14.6. The van der Waals surface area contributed by atoms with Crippen molar-refractivity contribution in [2.24, 2.45) is 0 Å². The van der Waals surface area contributed by atoms with E-state index >= 15 is 0 Å². The van der Waals surface area contributed by atoms with Gasteiger partial charge in [-0.25, -0.2) is 9.37 Å². The Morgan fingerprint density at radius 1 is 0.810 bits per heavy atom. The molecule has 0 amide bonds. The van der Waals surface area contributed by atoms with Crippen LogP contribution in [0.25, 0.3) is 22.1 Å². The van der Waals surface area contributed by atoms with E-state index in [1.165, 1.54) is 12.1 Å².